The first-order chi connectivity index (χ1) is 21.8. The van der Waals surface area contributed by atoms with Gasteiger partial charge in [0.05, 0.1) is 0 Å². The van der Waals surface area contributed by atoms with Crippen molar-refractivity contribution in [2.24, 2.45) is 0 Å². The first-order valence-corrected chi connectivity index (χ1v) is 15.3. The maximum absolute atomic E-state index is 13.7. The molecule has 1 heterocycles. The number of carbonyl (C=O) groups is 4. The van der Waals surface area contributed by atoms with E-state index in [2.05, 4.69) is 4.98 Å². The van der Waals surface area contributed by atoms with E-state index in [9.17, 15) is 19.2 Å². The molecule has 5 rings (SSSR count). The number of ketones is 4. The molecule has 0 spiro atoms. The zero-order chi connectivity index (χ0) is 33.4. The summed E-state index contributed by atoms with van der Waals surface area (Å²) in [5.41, 5.74) is 10.1. The molecule has 1 aromatic heterocycles. The predicted octanol–water partition coefficient (Wildman–Crippen LogP) is 8.47. The monoisotopic (exact) mass is 607 g/mol. The molecule has 0 aliphatic carbocycles. The fraction of sp³-hybridized carbons (Fsp3) is 0.195. The number of hydrogen-bond acceptors (Lipinski definition) is 5. The Bertz CT molecular complexity index is 1950. The minimum atomic E-state index is -0.330. The molecule has 46 heavy (non-hydrogen) atoms. The van der Waals surface area contributed by atoms with Gasteiger partial charge in [0, 0.05) is 33.4 Å². The number of pyridine rings is 1. The fourth-order valence-electron chi connectivity index (χ4n) is 5.84. The van der Waals surface area contributed by atoms with Gasteiger partial charge in [0.15, 0.2) is 11.6 Å². The zero-order valence-electron chi connectivity index (χ0n) is 27.6. The number of rotatable bonds is 8. The van der Waals surface area contributed by atoms with Crippen molar-refractivity contribution in [1.82, 2.24) is 4.98 Å². The Hall–Kier alpha value is -5.29. The lowest BCUT2D eigenvalue weighted by molar-refractivity contribution is 0.101. The first kappa shape index (κ1) is 32.1. The van der Waals surface area contributed by atoms with Crippen LogP contribution in [0.3, 0.4) is 0 Å². The highest BCUT2D eigenvalue weighted by Gasteiger charge is 2.23. The zero-order valence-corrected chi connectivity index (χ0v) is 27.6. The van der Waals surface area contributed by atoms with Crippen LogP contribution in [0, 0.1) is 55.4 Å². The molecule has 5 aromatic rings. The van der Waals surface area contributed by atoms with Crippen LogP contribution in [0.15, 0.2) is 78.9 Å². The fourth-order valence-corrected chi connectivity index (χ4v) is 5.84. The van der Waals surface area contributed by atoms with Gasteiger partial charge in [0.2, 0.25) is 11.6 Å². The second-order valence-corrected chi connectivity index (χ2v) is 12.2. The van der Waals surface area contributed by atoms with Crippen LogP contribution >= 0.6 is 0 Å². The van der Waals surface area contributed by atoms with Gasteiger partial charge in [-0.25, -0.2) is 4.98 Å². The van der Waals surface area contributed by atoms with Crippen LogP contribution < -0.4 is 0 Å². The molecule has 230 valence electrons. The van der Waals surface area contributed by atoms with E-state index in [1.165, 1.54) is 0 Å². The van der Waals surface area contributed by atoms with Crippen LogP contribution in [0.1, 0.15) is 108 Å². The maximum Gasteiger partial charge on any atom is 0.211 e. The van der Waals surface area contributed by atoms with Crippen molar-refractivity contribution in [2.45, 2.75) is 55.4 Å². The summed E-state index contributed by atoms with van der Waals surface area (Å²) in [5.74, 6) is -0.829. The molecule has 5 heteroatoms. The molecule has 0 amide bonds. The highest BCUT2D eigenvalue weighted by Crippen LogP contribution is 2.27. The highest BCUT2D eigenvalue weighted by atomic mass is 16.1. The van der Waals surface area contributed by atoms with Gasteiger partial charge in [-0.1, -0.05) is 53.6 Å². The van der Waals surface area contributed by atoms with Gasteiger partial charge in [-0.05, 0) is 125 Å². The van der Waals surface area contributed by atoms with E-state index >= 15 is 0 Å². The third-order valence-corrected chi connectivity index (χ3v) is 9.04. The minimum Gasteiger partial charge on any atom is -0.289 e. The molecule has 0 saturated heterocycles. The summed E-state index contributed by atoms with van der Waals surface area (Å²) in [6.45, 7) is 15.1. The Kier molecular flexibility index (Phi) is 8.80. The Labute approximate surface area is 270 Å². The molecule has 0 saturated carbocycles. The first-order valence-electron chi connectivity index (χ1n) is 15.3. The minimum absolute atomic E-state index is 0.0843. The third-order valence-electron chi connectivity index (χ3n) is 9.04. The lowest BCUT2D eigenvalue weighted by atomic mass is 9.89. The van der Waals surface area contributed by atoms with Crippen LogP contribution in [0.5, 0.6) is 0 Å². The summed E-state index contributed by atoms with van der Waals surface area (Å²) in [6, 6.07) is 23.1. The van der Waals surface area contributed by atoms with Crippen molar-refractivity contribution in [1.29, 1.82) is 0 Å². The summed E-state index contributed by atoms with van der Waals surface area (Å²) in [6.07, 6.45) is 0. The maximum atomic E-state index is 13.7. The molecule has 0 bridgehead atoms. The van der Waals surface area contributed by atoms with Crippen LogP contribution in [0.4, 0.5) is 0 Å². The lowest BCUT2D eigenvalue weighted by Gasteiger charge is -2.15. The van der Waals surface area contributed by atoms with E-state index in [4.69, 9.17) is 0 Å². The molecular weight excluding hydrogens is 570 g/mol. The van der Waals surface area contributed by atoms with Gasteiger partial charge < -0.3 is 0 Å². The van der Waals surface area contributed by atoms with Crippen molar-refractivity contribution >= 4 is 23.1 Å². The molecule has 5 nitrogen and oxygen atoms in total. The molecule has 0 aliphatic heterocycles. The number of aryl methyl sites for hydroxylation is 4. The van der Waals surface area contributed by atoms with Gasteiger partial charge in [-0.3, -0.25) is 19.2 Å². The summed E-state index contributed by atoms with van der Waals surface area (Å²) in [4.78, 5) is 58.8. The molecule has 0 aliphatic rings. The van der Waals surface area contributed by atoms with Crippen LogP contribution in [0.2, 0.25) is 0 Å². The van der Waals surface area contributed by atoms with E-state index in [1.54, 1.807) is 42.5 Å². The highest BCUT2D eigenvalue weighted by molar-refractivity contribution is 6.15. The summed E-state index contributed by atoms with van der Waals surface area (Å²) < 4.78 is 0. The van der Waals surface area contributed by atoms with Crippen molar-refractivity contribution in [3.63, 3.8) is 0 Å². The Balaban J connectivity index is 1.44. The molecule has 0 atom stereocenters. The standard InChI is InChI=1S/C41H37NO4/c1-22-12-14-24(3)34(20-22)38(43)30-16-18-32(28(7)26(30)5)40(45)36-10-9-11-37(42-36)41(46)33-19-17-31(27(6)29(33)8)39(44)35-21-23(2)13-15-25(35)4/h9-21H,1-8H3. The summed E-state index contributed by atoms with van der Waals surface area (Å²) in [7, 11) is 0. The van der Waals surface area contributed by atoms with Crippen molar-refractivity contribution in [2.75, 3.05) is 0 Å². The Morgan fingerprint density at radius 3 is 1.07 bits per heavy atom. The van der Waals surface area contributed by atoms with E-state index < -0.39 is 0 Å². The van der Waals surface area contributed by atoms with Crippen molar-refractivity contribution in [3.05, 3.63) is 168 Å². The number of nitrogens with zero attached hydrogens (tertiary/aromatic N) is 1. The van der Waals surface area contributed by atoms with Gasteiger partial charge in [0.1, 0.15) is 11.4 Å². The quantitative estimate of drug-likeness (QED) is 0.165. The van der Waals surface area contributed by atoms with E-state index in [0.29, 0.717) is 44.5 Å². The molecular formula is C41H37NO4. The topological polar surface area (TPSA) is 81.2 Å². The Morgan fingerprint density at radius 2 is 0.717 bits per heavy atom. The van der Waals surface area contributed by atoms with E-state index in [0.717, 1.165) is 33.4 Å². The SMILES string of the molecule is Cc1ccc(C)c(C(=O)c2ccc(C(=O)c3cccc(C(=O)c4ccc(C(=O)c5cc(C)ccc5C)c(C)c4C)n3)c(C)c2C)c1. The molecule has 0 fully saturated rings. The van der Waals surface area contributed by atoms with Crippen LogP contribution in [-0.2, 0) is 0 Å². The summed E-state index contributed by atoms with van der Waals surface area (Å²) in [5, 5.41) is 0. The third kappa shape index (κ3) is 5.89. The number of benzene rings is 4. The average molecular weight is 608 g/mol. The van der Waals surface area contributed by atoms with Crippen molar-refractivity contribution in [3.8, 4) is 0 Å². The smallest absolute Gasteiger partial charge is 0.211 e. The van der Waals surface area contributed by atoms with E-state index in [1.807, 2.05) is 91.8 Å². The second kappa shape index (κ2) is 12.6. The molecule has 0 N–H and O–H groups in total. The Morgan fingerprint density at radius 1 is 0.391 bits per heavy atom. The van der Waals surface area contributed by atoms with Gasteiger partial charge in [-0.15, -0.1) is 0 Å². The molecule has 4 aromatic carbocycles. The molecule has 0 radical (unpaired) electrons. The number of hydrogen-bond donors (Lipinski definition) is 0. The average Bonchev–Trinajstić information content (AvgIpc) is 3.04. The van der Waals surface area contributed by atoms with E-state index in [-0.39, 0.29) is 34.5 Å². The predicted molar refractivity (Wildman–Crippen MR) is 182 cm³/mol. The number of aromatic nitrogens is 1. The normalized spacial score (nSPS) is 11.0. The lowest BCUT2D eigenvalue weighted by Crippen LogP contribution is -2.14. The molecule has 0 unspecified atom stereocenters. The largest absolute Gasteiger partial charge is 0.289 e. The summed E-state index contributed by atoms with van der Waals surface area (Å²) >= 11 is 0. The number of carbonyl (C=O) groups excluding carboxylic acids is 4. The van der Waals surface area contributed by atoms with Crippen LogP contribution in [-0.4, -0.2) is 28.1 Å². The second-order valence-electron chi connectivity index (χ2n) is 12.2. The van der Waals surface area contributed by atoms with Gasteiger partial charge >= 0.3 is 0 Å². The van der Waals surface area contributed by atoms with Gasteiger partial charge in [-0.2, -0.15) is 0 Å². The van der Waals surface area contributed by atoms with Crippen LogP contribution in [0.25, 0.3) is 0 Å². The van der Waals surface area contributed by atoms with Gasteiger partial charge in [0.25, 0.3) is 0 Å². The van der Waals surface area contributed by atoms with Crippen molar-refractivity contribution < 1.29 is 19.2 Å².